The lowest BCUT2D eigenvalue weighted by atomic mass is 10.2. The van der Waals surface area contributed by atoms with Gasteiger partial charge in [-0.3, -0.25) is 4.79 Å². The van der Waals surface area contributed by atoms with Crippen LogP contribution in [0.3, 0.4) is 0 Å². The molecule has 0 radical (unpaired) electrons. The van der Waals surface area contributed by atoms with E-state index in [9.17, 15) is 4.79 Å². The summed E-state index contributed by atoms with van der Waals surface area (Å²) in [6.45, 7) is 3.45. The minimum absolute atomic E-state index is 0.514. The molecule has 0 spiro atoms. The molecule has 0 saturated carbocycles. The molecule has 76 valence electrons. The third-order valence-corrected chi connectivity index (χ3v) is 2.30. The topological polar surface area (TPSA) is 26.3 Å². The number of aryl methyl sites for hydroxylation is 1. The van der Waals surface area contributed by atoms with Crippen LogP contribution in [0.2, 0.25) is 5.02 Å². The van der Waals surface area contributed by atoms with Crippen molar-refractivity contribution in [1.29, 1.82) is 0 Å². The predicted octanol–water partition coefficient (Wildman–Crippen LogP) is 3.18. The number of ether oxygens (including phenoxy) is 1. The van der Waals surface area contributed by atoms with Crippen LogP contribution >= 0.6 is 23.2 Å². The first-order valence-corrected chi connectivity index (χ1v) is 4.88. The van der Waals surface area contributed by atoms with Crippen LogP contribution in [0, 0.1) is 6.92 Å². The second-order valence-corrected chi connectivity index (χ2v) is 3.78. The molecule has 0 N–H and O–H groups in total. The van der Waals surface area contributed by atoms with Crippen molar-refractivity contribution in [3.8, 4) is 5.75 Å². The zero-order valence-electron chi connectivity index (χ0n) is 7.88. The number of rotatable bonds is 3. The Morgan fingerprint density at radius 3 is 2.64 bits per heavy atom. The van der Waals surface area contributed by atoms with E-state index in [0.717, 1.165) is 5.56 Å². The van der Waals surface area contributed by atoms with Crippen molar-refractivity contribution >= 4 is 28.4 Å². The largest absolute Gasteiger partial charge is 0.481 e. The summed E-state index contributed by atoms with van der Waals surface area (Å²) in [6, 6.07) is 5.19. The van der Waals surface area contributed by atoms with Gasteiger partial charge in [-0.05, 0) is 49.2 Å². The Morgan fingerprint density at radius 1 is 1.50 bits per heavy atom. The van der Waals surface area contributed by atoms with E-state index >= 15 is 0 Å². The summed E-state index contributed by atoms with van der Waals surface area (Å²) in [7, 11) is 0. The van der Waals surface area contributed by atoms with Crippen molar-refractivity contribution in [1.82, 2.24) is 0 Å². The lowest BCUT2D eigenvalue weighted by molar-refractivity contribution is -0.117. The second kappa shape index (κ2) is 4.67. The van der Waals surface area contributed by atoms with Crippen molar-refractivity contribution in [2.45, 2.75) is 20.0 Å². The zero-order chi connectivity index (χ0) is 10.7. The first-order chi connectivity index (χ1) is 6.50. The lowest BCUT2D eigenvalue weighted by Gasteiger charge is -2.12. The van der Waals surface area contributed by atoms with Gasteiger partial charge in [0.15, 0.2) is 6.10 Å². The summed E-state index contributed by atoms with van der Waals surface area (Å²) in [5.74, 6) is 0.621. The SMILES string of the molecule is Cc1cc(Cl)ccc1O[C@@H](C)C(=O)Cl. The molecule has 0 heterocycles. The van der Waals surface area contributed by atoms with Gasteiger partial charge >= 0.3 is 0 Å². The highest BCUT2D eigenvalue weighted by Crippen LogP contribution is 2.23. The summed E-state index contributed by atoms with van der Waals surface area (Å²) in [4.78, 5) is 10.7. The molecule has 14 heavy (non-hydrogen) atoms. The van der Waals surface area contributed by atoms with E-state index in [1.165, 1.54) is 0 Å². The van der Waals surface area contributed by atoms with E-state index in [0.29, 0.717) is 10.8 Å². The van der Waals surface area contributed by atoms with E-state index in [-0.39, 0.29) is 0 Å². The van der Waals surface area contributed by atoms with Gasteiger partial charge in [-0.2, -0.15) is 0 Å². The number of carbonyl (C=O) groups excluding carboxylic acids is 1. The molecule has 1 aromatic carbocycles. The third kappa shape index (κ3) is 2.89. The molecule has 0 aliphatic rings. The van der Waals surface area contributed by atoms with Crippen LogP contribution in [-0.2, 0) is 4.79 Å². The number of halogens is 2. The minimum Gasteiger partial charge on any atom is -0.481 e. The maximum Gasteiger partial charge on any atom is 0.262 e. The van der Waals surface area contributed by atoms with E-state index in [1.54, 1.807) is 25.1 Å². The summed E-state index contributed by atoms with van der Waals surface area (Å²) in [5, 5.41) is 0.124. The van der Waals surface area contributed by atoms with Gasteiger partial charge < -0.3 is 4.74 Å². The van der Waals surface area contributed by atoms with Crippen molar-refractivity contribution < 1.29 is 9.53 Å². The molecule has 1 atom stereocenters. The molecule has 0 aromatic heterocycles. The van der Waals surface area contributed by atoms with E-state index < -0.39 is 11.3 Å². The Bertz CT molecular complexity index is 350. The van der Waals surface area contributed by atoms with Crippen molar-refractivity contribution in [3.63, 3.8) is 0 Å². The van der Waals surface area contributed by atoms with Crippen molar-refractivity contribution in [3.05, 3.63) is 28.8 Å². The molecule has 2 nitrogen and oxygen atoms in total. The van der Waals surface area contributed by atoms with Crippen molar-refractivity contribution in [2.24, 2.45) is 0 Å². The Hall–Kier alpha value is -0.730. The summed E-state index contributed by atoms with van der Waals surface area (Å²) >= 11 is 11.0. The van der Waals surface area contributed by atoms with Crippen LogP contribution in [-0.4, -0.2) is 11.3 Å². The lowest BCUT2D eigenvalue weighted by Crippen LogP contribution is -2.19. The Kier molecular flexibility index (Phi) is 3.78. The Morgan fingerprint density at radius 2 is 2.14 bits per heavy atom. The van der Waals surface area contributed by atoms with Gasteiger partial charge in [-0.1, -0.05) is 11.6 Å². The van der Waals surface area contributed by atoms with Gasteiger partial charge in [0.05, 0.1) is 0 Å². The van der Waals surface area contributed by atoms with E-state index in [2.05, 4.69) is 0 Å². The molecule has 0 saturated heterocycles. The van der Waals surface area contributed by atoms with Crippen LogP contribution in [0.1, 0.15) is 12.5 Å². The fraction of sp³-hybridized carbons (Fsp3) is 0.300. The molecule has 4 heteroatoms. The smallest absolute Gasteiger partial charge is 0.262 e. The average Bonchev–Trinajstić information content (AvgIpc) is 2.09. The molecular formula is C10H10Cl2O2. The Labute approximate surface area is 92.8 Å². The third-order valence-electron chi connectivity index (χ3n) is 1.76. The minimum atomic E-state index is -0.642. The molecular weight excluding hydrogens is 223 g/mol. The first kappa shape index (κ1) is 11.3. The van der Waals surface area contributed by atoms with Gasteiger partial charge in [0.25, 0.3) is 5.24 Å². The number of hydrogen-bond donors (Lipinski definition) is 0. The van der Waals surface area contributed by atoms with Gasteiger partial charge in [-0.15, -0.1) is 0 Å². The number of benzene rings is 1. The summed E-state index contributed by atoms with van der Waals surface area (Å²) in [6.07, 6.45) is -0.642. The van der Waals surface area contributed by atoms with Crippen LogP contribution in [0.4, 0.5) is 0 Å². The average molecular weight is 233 g/mol. The highest BCUT2D eigenvalue weighted by molar-refractivity contribution is 6.64. The molecule has 0 unspecified atom stereocenters. The first-order valence-electron chi connectivity index (χ1n) is 4.13. The molecule has 0 aliphatic heterocycles. The molecule has 1 aromatic rings. The van der Waals surface area contributed by atoms with Crippen LogP contribution < -0.4 is 4.74 Å². The fourth-order valence-corrected chi connectivity index (χ4v) is 1.25. The normalized spacial score (nSPS) is 12.3. The standard InChI is InChI=1S/C10H10Cl2O2/c1-6-5-8(11)3-4-9(6)14-7(2)10(12)13/h3-5,7H,1-2H3/t7-/m0/s1. The summed E-state index contributed by atoms with van der Waals surface area (Å²) in [5.41, 5.74) is 0.877. The second-order valence-electron chi connectivity index (χ2n) is 2.97. The molecule has 0 amide bonds. The fourth-order valence-electron chi connectivity index (χ4n) is 0.982. The maximum absolute atomic E-state index is 10.7. The number of hydrogen-bond acceptors (Lipinski definition) is 2. The summed E-state index contributed by atoms with van der Waals surface area (Å²) < 4.78 is 5.32. The van der Waals surface area contributed by atoms with E-state index in [1.807, 2.05) is 6.92 Å². The monoisotopic (exact) mass is 232 g/mol. The number of carbonyl (C=O) groups is 1. The van der Waals surface area contributed by atoms with E-state index in [4.69, 9.17) is 27.9 Å². The van der Waals surface area contributed by atoms with Gasteiger partial charge in [0, 0.05) is 5.02 Å². The van der Waals surface area contributed by atoms with Crippen molar-refractivity contribution in [2.75, 3.05) is 0 Å². The highest BCUT2D eigenvalue weighted by Gasteiger charge is 2.12. The maximum atomic E-state index is 10.7. The molecule has 1 rings (SSSR count). The zero-order valence-corrected chi connectivity index (χ0v) is 9.39. The van der Waals surface area contributed by atoms with Gasteiger partial charge in [-0.25, -0.2) is 0 Å². The molecule has 0 bridgehead atoms. The van der Waals surface area contributed by atoms with Gasteiger partial charge in [0.2, 0.25) is 0 Å². The molecule has 0 fully saturated rings. The van der Waals surface area contributed by atoms with Crippen LogP contribution in [0.15, 0.2) is 18.2 Å². The van der Waals surface area contributed by atoms with Crippen LogP contribution in [0.5, 0.6) is 5.75 Å². The molecule has 0 aliphatic carbocycles. The predicted molar refractivity (Wildman–Crippen MR) is 57.1 cm³/mol. The van der Waals surface area contributed by atoms with Gasteiger partial charge in [0.1, 0.15) is 5.75 Å². The highest BCUT2D eigenvalue weighted by atomic mass is 35.5. The Balaban J connectivity index is 2.82. The quantitative estimate of drug-likeness (QED) is 0.749. The van der Waals surface area contributed by atoms with Crippen LogP contribution in [0.25, 0.3) is 0 Å².